The Balaban J connectivity index is 1.46. The third kappa shape index (κ3) is 7.16. The van der Waals surface area contributed by atoms with Crippen molar-refractivity contribution < 1.29 is 22.3 Å². The molecule has 0 fully saturated rings. The number of hydrogen-bond acceptors (Lipinski definition) is 4. The van der Waals surface area contributed by atoms with Crippen LogP contribution in [0.15, 0.2) is 108 Å². The highest BCUT2D eigenvalue weighted by molar-refractivity contribution is 7.89. The Morgan fingerprint density at radius 1 is 0.865 bits per heavy atom. The third-order valence-electron chi connectivity index (χ3n) is 5.46. The number of benzene rings is 4. The number of carbonyl (C=O) groups is 1. The van der Waals surface area contributed by atoms with Crippen molar-refractivity contribution in [1.82, 2.24) is 4.31 Å². The van der Waals surface area contributed by atoms with Gasteiger partial charge in [-0.3, -0.25) is 4.79 Å². The van der Waals surface area contributed by atoms with Crippen LogP contribution in [0.4, 0.5) is 10.1 Å². The second kappa shape index (κ2) is 12.0. The molecule has 190 valence electrons. The Labute approximate surface area is 220 Å². The molecule has 4 aromatic carbocycles. The van der Waals surface area contributed by atoms with Crippen LogP contribution in [0.2, 0.25) is 5.02 Å². The summed E-state index contributed by atoms with van der Waals surface area (Å²) in [5.41, 5.74) is 1.64. The summed E-state index contributed by atoms with van der Waals surface area (Å²) in [5.74, 6) is -0.523. The van der Waals surface area contributed by atoms with Gasteiger partial charge in [0.25, 0.3) is 0 Å². The first-order valence-corrected chi connectivity index (χ1v) is 13.2. The number of halogens is 2. The minimum atomic E-state index is -4.13. The molecule has 0 atom stereocenters. The summed E-state index contributed by atoms with van der Waals surface area (Å²) >= 11 is 5.90. The normalized spacial score (nSPS) is 11.3. The van der Waals surface area contributed by atoms with E-state index in [4.69, 9.17) is 16.3 Å². The average Bonchev–Trinajstić information content (AvgIpc) is 2.90. The van der Waals surface area contributed by atoms with E-state index < -0.39 is 28.3 Å². The largest absolute Gasteiger partial charge is 0.489 e. The molecule has 0 bridgehead atoms. The molecule has 0 heterocycles. The van der Waals surface area contributed by atoms with Gasteiger partial charge >= 0.3 is 0 Å². The predicted molar refractivity (Wildman–Crippen MR) is 141 cm³/mol. The Morgan fingerprint density at radius 3 is 2.19 bits per heavy atom. The number of hydrogen-bond donors (Lipinski definition) is 1. The molecule has 0 saturated heterocycles. The highest BCUT2D eigenvalue weighted by Crippen LogP contribution is 2.22. The number of anilines is 1. The van der Waals surface area contributed by atoms with E-state index >= 15 is 0 Å². The van der Waals surface area contributed by atoms with Crippen molar-refractivity contribution in [1.29, 1.82) is 0 Å². The number of sulfonamides is 1. The van der Waals surface area contributed by atoms with E-state index in [1.165, 1.54) is 42.5 Å². The van der Waals surface area contributed by atoms with Crippen molar-refractivity contribution in [2.24, 2.45) is 0 Å². The first-order valence-electron chi connectivity index (χ1n) is 11.4. The molecule has 0 aliphatic heterocycles. The maximum absolute atomic E-state index is 14.3. The fourth-order valence-corrected chi connectivity index (χ4v) is 5.03. The van der Waals surface area contributed by atoms with Crippen LogP contribution in [0.1, 0.15) is 11.1 Å². The van der Waals surface area contributed by atoms with E-state index in [0.717, 1.165) is 9.87 Å². The van der Waals surface area contributed by atoms with Crippen LogP contribution < -0.4 is 10.1 Å². The lowest BCUT2D eigenvalue weighted by molar-refractivity contribution is -0.116. The van der Waals surface area contributed by atoms with Crippen LogP contribution in [0.3, 0.4) is 0 Å². The van der Waals surface area contributed by atoms with Crippen LogP contribution in [0, 0.1) is 5.82 Å². The molecule has 1 amide bonds. The SMILES string of the molecule is O=C(CN(Cc1ccccc1F)S(=O)(=O)c1ccc(Cl)cc1)Nc1ccc(OCc2ccccc2)cc1. The zero-order valence-corrected chi connectivity index (χ0v) is 21.3. The highest BCUT2D eigenvalue weighted by atomic mass is 35.5. The Morgan fingerprint density at radius 2 is 1.51 bits per heavy atom. The lowest BCUT2D eigenvalue weighted by Crippen LogP contribution is -2.37. The van der Waals surface area contributed by atoms with Crippen LogP contribution in [0.25, 0.3) is 0 Å². The molecule has 0 unspecified atom stereocenters. The lowest BCUT2D eigenvalue weighted by atomic mass is 10.2. The molecular weight excluding hydrogens is 515 g/mol. The lowest BCUT2D eigenvalue weighted by Gasteiger charge is -2.22. The standard InChI is InChI=1S/C28H24ClFN2O4S/c29-23-10-16-26(17-11-23)37(34,35)32(18-22-8-4-5-9-27(22)30)19-28(33)31-24-12-14-25(15-13-24)36-20-21-6-2-1-3-7-21/h1-17H,18-20H2,(H,31,33). The van der Waals surface area contributed by atoms with Crippen LogP contribution in [-0.2, 0) is 28.0 Å². The molecule has 4 rings (SSSR count). The second-order valence-electron chi connectivity index (χ2n) is 8.17. The minimum absolute atomic E-state index is 0.0547. The number of ether oxygens (including phenoxy) is 1. The number of nitrogens with one attached hydrogen (secondary N) is 1. The van der Waals surface area contributed by atoms with Gasteiger partial charge in [0.05, 0.1) is 11.4 Å². The molecule has 0 aromatic heterocycles. The third-order valence-corrected chi connectivity index (χ3v) is 7.52. The van der Waals surface area contributed by atoms with Crippen LogP contribution in [0.5, 0.6) is 5.75 Å². The minimum Gasteiger partial charge on any atom is -0.489 e. The first kappa shape index (κ1) is 26.3. The molecule has 0 aliphatic carbocycles. The summed E-state index contributed by atoms with van der Waals surface area (Å²) in [6.07, 6.45) is 0. The monoisotopic (exact) mass is 538 g/mol. The molecule has 1 N–H and O–H groups in total. The van der Waals surface area contributed by atoms with Crippen LogP contribution >= 0.6 is 11.6 Å². The maximum atomic E-state index is 14.3. The number of nitrogens with zero attached hydrogens (tertiary/aromatic N) is 1. The van der Waals surface area contributed by atoms with Gasteiger partial charge < -0.3 is 10.1 Å². The Bertz CT molecular complexity index is 1450. The van der Waals surface area contributed by atoms with E-state index in [-0.39, 0.29) is 17.0 Å². The van der Waals surface area contributed by atoms with E-state index in [1.54, 1.807) is 30.3 Å². The second-order valence-corrected chi connectivity index (χ2v) is 10.5. The van der Waals surface area contributed by atoms with E-state index in [9.17, 15) is 17.6 Å². The van der Waals surface area contributed by atoms with Gasteiger partial charge in [-0.25, -0.2) is 12.8 Å². The van der Waals surface area contributed by atoms with Gasteiger partial charge in [0.1, 0.15) is 18.2 Å². The fraction of sp³-hybridized carbons (Fsp3) is 0.107. The molecule has 6 nitrogen and oxygen atoms in total. The van der Waals surface area contributed by atoms with Gasteiger partial charge in [-0.1, -0.05) is 60.1 Å². The zero-order valence-electron chi connectivity index (χ0n) is 19.7. The number of amides is 1. The van der Waals surface area contributed by atoms with Gasteiger partial charge in [0.15, 0.2) is 0 Å². The van der Waals surface area contributed by atoms with E-state index in [0.29, 0.717) is 23.1 Å². The molecule has 37 heavy (non-hydrogen) atoms. The number of carbonyl (C=O) groups excluding carboxylic acids is 1. The Kier molecular flexibility index (Phi) is 8.55. The first-order chi connectivity index (χ1) is 17.8. The quantitative estimate of drug-likeness (QED) is 0.273. The highest BCUT2D eigenvalue weighted by Gasteiger charge is 2.28. The molecule has 0 saturated carbocycles. The molecule has 0 aliphatic rings. The zero-order chi connectivity index (χ0) is 26.3. The fourth-order valence-electron chi connectivity index (χ4n) is 3.53. The summed E-state index contributed by atoms with van der Waals surface area (Å²) in [7, 11) is -4.13. The topological polar surface area (TPSA) is 75.7 Å². The van der Waals surface area contributed by atoms with Gasteiger partial charge in [0, 0.05) is 22.8 Å². The van der Waals surface area contributed by atoms with Gasteiger partial charge in [-0.15, -0.1) is 0 Å². The van der Waals surface area contributed by atoms with Crippen molar-refractivity contribution in [2.75, 3.05) is 11.9 Å². The van der Waals surface area contributed by atoms with Crippen molar-refractivity contribution >= 4 is 33.2 Å². The molecule has 0 radical (unpaired) electrons. The van der Waals surface area contributed by atoms with Gasteiger partial charge in [-0.05, 0) is 60.2 Å². The van der Waals surface area contributed by atoms with E-state index in [1.807, 2.05) is 30.3 Å². The number of rotatable bonds is 10. The van der Waals surface area contributed by atoms with Crippen molar-refractivity contribution in [2.45, 2.75) is 18.0 Å². The smallest absolute Gasteiger partial charge is 0.243 e. The summed E-state index contributed by atoms with van der Waals surface area (Å²) in [6.45, 7) is -0.441. The molecule has 4 aromatic rings. The Hall–Kier alpha value is -3.72. The molecule has 0 spiro atoms. The molecular formula is C28H24ClFN2O4S. The van der Waals surface area contributed by atoms with Crippen molar-refractivity contribution in [3.05, 3.63) is 125 Å². The summed E-state index contributed by atoms with van der Waals surface area (Å²) in [6, 6.07) is 27.9. The summed E-state index contributed by atoms with van der Waals surface area (Å²) in [4.78, 5) is 12.8. The van der Waals surface area contributed by atoms with Gasteiger partial charge in [0.2, 0.25) is 15.9 Å². The summed E-state index contributed by atoms with van der Waals surface area (Å²) < 4.78 is 47.7. The van der Waals surface area contributed by atoms with Gasteiger partial charge in [-0.2, -0.15) is 4.31 Å². The van der Waals surface area contributed by atoms with E-state index in [2.05, 4.69) is 5.32 Å². The maximum Gasteiger partial charge on any atom is 0.243 e. The van der Waals surface area contributed by atoms with Crippen LogP contribution in [-0.4, -0.2) is 25.2 Å². The molecule has 9 heteroatoms. The predicted octanol–water partition coefficient (Wildman–Crippen LogP) is 5.89. The average molecular weight is 539 g/mol. The van der Waals surface area contributed by atoms with Crippen molar-refractivity contribution in [3.63, 3.8) is 0 Å². The van der Waals surface area contributed by atoms with Crippen molar-refractivity contribution in [3.8, 4) is 5.75 Å². The summed E-state index contributed by atoms with van der Waals surface area (Å²) in [5, 5.41) is 3.06.